The standard InChI is InChI=1S/C16H17ClN4O3S/c1-10-13(20-24-14(10)12-7-5-4-6-8-12)9-18-25(22,23)15-11(2)19-21(3)16(15)17/h4-8,18H,9H2,1-3H3. The van der Waals surface area contributed by atoms with E-state index in [0.29, 0.717) is 17.1 Å². The van der Waals surface area contributed by atoms with Gasteiger partial charge in [-0.25, -0.2) is 13.1 Å². The minimum atomic E-state index is -3.82. The highest BCUT2D eigenvalue weighted by atomic mass is 35.5. The molecule has 25 heavy (non-hydrogen) atoms. The second-order valence-corrected chi connectivity index (χ2v) is 7.66. The molecule has 0 atom stereocenters. The van der Waals surface area contributed by atoms with Gasteiger partial charge in [-0.3, -0.25) is 4.68 Å². The van der Waals surface area contributed by atoms with E-state index >= 15 is 0 Å². The van der Waals surface area contributed by atoms with Crippen LogP contribution in [0.4, 0.5) is 0 Å². The summed E-state index contributed by atoms with van der Waals surface area (Å²) in [6.07, 6.45) is 0. The predicted molar refractivity (Wildman–Crippen MR) is 93.7 cm³/mol. The Morgan fingerprint density at radius 3 is 2.52 bits per heavy atom. The van der Waals surface area contributed by atoms with Crippen molar-refractivity contribution in [2.24, 2.45) is 7.05 Å². The highest BCUT2D eigenvalue weighted by Gasteiger charge is 2.26. The first kappa shape index (κ1) is 17.7. The molecule has 0 saturated heterocycles. The van der Waals surface area contributed by atoms with E-state index in [2.05, 4.69) is 15.0 Å². The lowest BCUT2D eigenvalue weighted by Crippen LogP contribution is -2.24. The maximum absolute atomic E-state index is 12.5. The Morgan fingerprint density at radius 1 is 1.24 bits per heavy atom. The van der Waals surface area contributed by atoms with Gasteiger partial charge in [0, 0.05) is 18.2 Å². The van der Waals surface area contributed by atoms with E-state index < -0.39 is 10.0 Å². The molecule has 0 spiro atoms. The molecule has 0 unspecified atom stereocenters. The van der Waals surface area contributed by atoms with Crippen LogP contribution in [0.1, 0.15) is 17.0 Å². The quantitative estimate of drug-likeness (QED) is 0.735. The smallest absolute Gasteiger partial charge is 0.245 e. The Labute approximate surface area is 150 Å². The zero-order valence-corrected chi connectivity index (χ0v) is 15.5. The minimum Gasteiger partial charge on any atom is -0.356 e. The normalized spacial score (nSPS) is 11.8. The number of hydrogen-bond donors (Lipinski definition) is 1. The Kier molecular flexibility index (Phi) is 4.68. The molecular weight excluding hydrogens is 364 g/mol. The van der Waals surface area contributed by atoms with Gasteiger partial charge in [-0.2, -0.15) is 5.10 Å². The molecule has 0 fully saturated rings. The van der Waals surface area contributed by atoms with E-state index in [-0.39, 0.29) is 16.6 Å². The van der Waals surface area contributed by atoms with Gasteiger partial charge in [-0.1, -0.05) is 47.1 Å². The van der Waals surface area contributed by atoms with E-state index in [9.17, 15) is 8.42 Å². The lowest BCUT2D eigenvalue weighted by Gasteiger charge is -2.05. The first-order valence-electron chi connectivity index (χ1n) is 7.50. The predicted octanol–water partition coefficient (Wildman–Crippen LogP) is 2.82. The molecular formula is C16H17ClN4O3S. The van der Waals surface area contributed by atoms with Crippen LogP contribution < -0.4 is 4.72 Å². The van der Waals surface area contributed by atoms with Gasteiger partial charge in [-0.15, -0.1) is 0 Å². The van der Waals surface area contributed by atoms with Crippen molar-refractivity contribution in [2.45, 2.75) is 25.3 Å². The number of hydrogen-bond acceptors (Lipinski definition) is 5. The van der Waals surface area contributed by atoms with Crippen molar-refractivity contribution in [1.29, 1.82) is 0 Å². The van der Waals surface area contributed by atoms with Crippen molar-refractivity contribution in [3.8, 4) is 11.3 Å². The summed E-state index contributed by atoms with van der Waals surface area (Å²) < 4.78 is 34.3. The molecule has 1 aromatic carbocycles. The summed E-state index contributed by atoms with van der Waals surface area (Å²) in [7, 11) is -2.23. The summed E-state index contributed by atoms with van der Waals surface area (Å²) in [4.78, 5) is -0.0268. The fourth-order valence-corrected chi connectivity index (χ4v) is 4.28. The number of aromatic nitrogens is 3. The van der Waals surface area contributed by atoms with Gasteiger partial charge < -0.3 is 4.52 Å². The molecule has 3 rings (SSSR count). The third kappa shape index (κ3) is 3.33. The average molecular weight is 381 g/mol. The zero-order valence-electron chi connectivity index (χ0n) is 13.9. The summed E-state index contributed by atoms with van der Waals surface area (Å²) in [6.45, 7) is 3.43. The van der Waals surface area contributed by atoms with Crippen molar-refractivity contribution in [2.75, 3.05) is 0 Å². The molecule has 0 bridgehead atoms. The van der Waals surface area contributed by atoms with Crippen LogP contribution in [-0.2, 0) is 23.6 Å². The Bertz CT molecular complexity index is 1010. The highest BCUT2D eigenvalue weighted by molar-refractivity contribution is 7.89. The molecule has 2 heterocycles. The van der Waals surface area contributed by atoms with E-state index in [0.717, 1.165) is 11.1 Å². The summed E-state index contributed by atoms with van der Waals surface area (Å²) in [5, 5.41) is 8.07. The molecule has 0 aliphatic carbocycles. The third-order valence-electron chi connectivity index (χ3n) is 3.86. The third-order valence-corrected chi connectivity index (χ3v) is 5.95. The van der Waals surface area contributed by atoms with Gasteiger partial charge in [0.05, 0.1) is 12.2 Å². The van der Waals surface area contributed by atoms with Crippen LogP contribution in [0.5, 0.6) is 0 Å². The van der Waals surface area contributed by atoms with Gasteiger partial charge in [0.15, 0.2) is 5.76 Å². The van der Waals surface area contributed by atoms with Crippen molar-refractivity contribution in [1.82, 2.24) is 19.7 Å². The molecule has 0 aliphatic heterocycles. The van der Waals surface area contributed by atoms with E-state index in [1.165, 1.54) is 4.68 Å². The molecule has 132 valence electrons. The first-order valence-corrected chi connectivity index (χ1v) is 9.36. The Hall–Kier alpha value is -2.16. The second-order valence-electron chi connectivity index (χ2n) is 5.60. The lowest BCUT2D eigenvalue weighted by atomic mass is 10.1. The molecule has 0 aliphatic rings. The largest absolute Gasteiger partial charge is 0.356 e. The van der Waals surface area contributed by atoms with Crippen LogP contribution in [0.15, 0.2) is 39.8 Å². The number of benzene rings is 1. The number of sulfonamides is 1. The molecule has 2 aromatic heterocycles. The second kappa shape index (κ2) is 6.62. The fraction of sp³-hybridized carbons (Fsp3) is 0.250. The highest BCUT2D eigenvalue weighted by Crippen LogP contribution is 2.27. The van der Waals surface area contributed by atoms with E-state index in [4.69, 9.17) is 16.1 Å². The van der Waals surface area contributed by atoms with Gasteiger partial charge >= 0.3 is 0 Å². The van der Waals surface area contributed by atoms with Crippen LogP contribution in [0.25, 0.3) is 11.3 Å². The van der Waals surface area contributed by atoms with Crippen LogP contribution in [0, 0.1) is 13.8 Å². The topological polar surface area (TPSA) is 90.0 Å². The van der Waals surface area contributed by atoms with Crippen LogP contribution in [-0.4, -0.2) is 23.4 Å². The summed E-state index contributed by atoms with van der Waals surface area (Å²) in [6, 6.07) is 9.50. The maximum Gasteiger partial charge on any atom is 0.245 e. The minimum absolute atomic E-state index is 0.00480. The number of nitrogens with one attached hydrogen (secondary N) is 1. The van der Waals surface area contributed by atoms with Gasteiger partial charge in [0.2, 0.25) is 10.0 Å². The summed E-state index contributed by atoms with van der Waals surface area (Å²) in [5.41, 5.74) is 2.51. The van der Waals surface area contributed by atoms with Crippen molar-refractivity contribution in [3.05, 3.63) is 52.4 Å². The number of aryl methyl sites for hydroxylation is 2. The van der Waals surface area contributed by atoms with Crippen LogP contribution >= 0.6 is 11.6 Å². The fourth-order valence-electron chi connectivity index (χ4n) is 2.54. The van der Waals surface area contributed by atoms with Gasteiger partial charge in [-0.05, 0) is 13.8 Å². The molecule has 1 N–H and O–H groups in total. The van der Waals surface area contributed by atoms with E-state index in [1.54, 1.807) is 14.0 Å². The lowest BCUT2D eigenvalue weighted by molar-refractivity contribution is 0.422. The SMILES string of the molecule is Cc1nn(C)c(Cl)c1S(=O)(=O)NCc1noc(-c2ccccc2)c1C. The number of rotatable bonds is 5. The zero-order chi connectivity index (χ0) is 18.2. The summed E-state index contributed by atoms with van der Waals surface area (Å²) >= 11 is 6.04. The van der Waals surface area contributed by atoms with E-state index in [1.807, 2.05) is 37.3 Å². The summed E-state index contributed by atoms with van der Waals surface area (Å²) in [5.74, 6) is 0.616. The number of nitrogens with zero attached hydrogens (tertiary/aromatic N) is 3. The monoisotopic (exact) mass is 380 g/mol. The van der Waals surface area contributed by atoms with Crippen LogP contribution in [0.2, 0.25) is 5.15 Å². The first-order chi connectivity index (χ1) is 11.8. The molecule has 3 aromatic rings. The van der Waals surface area contributed by atoms with Crippen molar-refractivity contribution >= 4 is 21.6 Å². The Balaban J connectivity index is 1.84. The van der Waals surface area contributed by atoms with Gasteiger partial charge in [0.25, 0.3) is 0 Å². The van der Waals surface area contributed by atoms with Crippen molar-refractivity contribution in [3.63, 3.8) is 0 Å². The molecule has 0 radical (unpaired) electrons. The Morgan fingerprint density at radius 2 is 1.92 bits per heavy atom. The molecule has 0 amide bonds. The van der Waals surface area contributed by atoms with Gasteiger partial charge in [0.1, 0.15) is 15.7 Å². The molecule has 7 nitrogen and oxygen atoms in total. The van der Waals surface area contributed by atoms with Crippen LogP contribution in [0.3, 0.4) is 0 Å². The molecule has 0 saturated carbocycles. The number of halogens is 1. The van der Waals surface area contributed by atoms with Crippen molar-refractivity contribution < 1.29 is 12.9 Å². The average Bonchev–Trinajstić information content (AvgIpc) is 3.06. The maximum atomic E-state index is 12.5. The molecule has 9 heteroatoms.